The largest absolute Gasteiger partial charge is 0.497 e. The number of methoxy groups -OCH3 is 1. The molecule has 6 nitrogen and oxygen atoms in total. The fraction of sp³-hybridized carbons (Fsp3) is 0.143. The van der Waals surface area contributed by atoms with Crippen LogP contribution in [0.25, 0.3) is 16.8 Å². The van der Waals surface area contributed by atoms with Gasteiger partial charge < -0.3 is 9.15 Å². The Morgan fingerprint density at radius 3 is 2.44 bits per heavy atom. The van der Waals surface area contributed by atoms with Gasteiger partial charge in [-0.25, -0.2) is 0 Å². The topological polar surface area (TPSA) is 80.6 Å². The molecule has 0 saturated carbocycles. The lowest BCUT2D eigenvalue weighted by Gasteiger charge is -2.05. The highest BCUT2D eigenvalue weighted by Crippen LogP contribution is 2.22. The third-order valence-electron chi connectivity index (χ3n) is 4.08. The first kappa shape index (κ1) is 18.3. The number of hydrogen-bond donors (Lipinski definition) is 2. The number of aryl methyl sites for hydroxylation is 2. The van der Waals surface area contributed by atoms with E-state index >= 15 is 0 Å². The third-order valence-corrected chi connectivity index (χ3v) is 4.08. The number of fused-ring (bicyclic) bond motifs is 1. The van der Waals surface area contributed by atoms with E-state index in [2.05, 4.69) is 10.9 Å². The standard InChI is InChI=1S/C21H20N2O4/c1-13-10-19(14(2)27-13)21(25)23-22-20(24)9-5-15-4-6-17-12-18(26-3)8-7-16(17)11-15/h4-12H,1-3H3,(H,22,24)(H,23,25)/b9-5+. The van der Waals surface area contributed by atoms with Gasteiger partial charge in [-0.15, -0.1) is 0 Å². The van der Waals surface area contributed by atoms with Crippen LogP contribution in [0.4, 0.5) is 0 Å². The monoisotopic (exact) mass is 364 g/mol. The van der Waals surface area contributed by atoms with E-state index in [1.54, 1.807) is 33.1 Å². The molecule has 1 aromatic heterocycles. The van der Waals surface area contributed by atoms with Gasteiger partial charge in [0.05, 0.1) is 12.7 Å². The second-order valence-electron chi connectivity index (χ2n) is 6.08. The first-order valence-corrected chi connectivity index (χ1v) is 8.39. The van der Waals surface area contributed by atoms with Gasteiger partial charge in [-0.2, -0.15) is 0 Å². The van der Waals surface area contributed by atoms with E-state index in [1.165, 1.54) is 6.08 Å². The second-order valence-corrected chi connectivity index (χ2v) is 6.08. The molecule has 0 radical (unpaired) electrons. The van der Waals surface area contributed by atoms with Crippen LogP contribution >= 0.6 is 0 Å². The predicted octanol–water partition coefficient (Wildman–Crippen LogP) is 3.53. The zero-order valence-corrected chi connectivity index (χ0v) is 15.3. The van der Waals surface area contributed by atoms with Gasteiger partial charge in [0, 0.05) is 6.08 Å². The average Bonchev–Trinajstić information content (AvgIpc) is 3.02. The third kappa shape index (κ3) is 4.36. The first-order valence-electron chi connectivity index (χ1n) is 8.39. The quantitative estimate of drug-likeness (QED) is 0.548. The van der Waals surface area contributed by atoms with Gasteiger partial charge in [0.25, 0.3) is 11.8 Å². The molecule has 0 bridgehead atoms. The Balaban J connectivity index is 1.61. The van der Waals surface area contributed by atoms with Gasteiger partial charge in [-0.05, 0) is 60.5 Å². The van der Waals surface area contributed by atoms with Crippen molar-refractivity contribution in [3.63, 3.8) is 0 Å². The maximum Gasteiger partial charge on any atom is 0.273 e. The lowest BCUT2D eigenvalue weighted by atomic mass is 10.1. The molecule has 3 rings (SSSR count). The van der Waals surface area contributed by atoms with Crippen molar-refractivity contribution in [2.24, 2.45) is 0 Å². The minimum absolute atomic E-state index is 0.390. The molecule has 2 N–H and O–H groups in total. The maximum absolute atomic E-state index is 12.0. The molecule has 0 aliphatic rings. The SMILES string of the molecule is COc1ccc2cc(/C=C/C(=O)NNC(=O)c3cc(C)oc3C)ccc2c1. The molecular formula is C21H20N2O4. The summed E-state index contributed by atoms with van der Waals surface area (Å²) in [5.41, 5.74) is 5.99. The number of nitrogens with one attached hydrogen (secondary N) is 2. The summed E-state index contributed by atoms with van der Waals surface area (Å²) in [7, 11) is 1.63. The molecular weight excluding hydrogens is 344 g/mol. The molecule has 0 aliphatic carbocycles. The van der Waals surface area contributed by atoms with E-state index in [0.717, 1.165) is 22.1 Å². The van der Waals surface area contributed by atoms with Crippen LogP contribution in [0.3, 0.4) is 0 Å². The summed E-state index contributed by atoms with van der Waals surface area (Å²) in [6.45, 7) is 3.45. The van der Waals surface area contributed by atoms with Gasteiger partial charge in [-0.1, -0.05) is 18.2 Å². The van der Waals surface area contributed by atoms with Crippen LogP contribution in [0.15, 0.2) is 53.0 Å². The van der Waals surface area contributed by atoms with E-state index in [4.69, 9.17) is 9.15 Å². The lowest BCUT2D eigenvalue weighted by molar-refractivity contribution is -0.117. The van der Waals surface area contributed by atoms with E-state index in [1.807, 2.05) is 36.4 Å². The molecule has 138 valence electrons. The summed E-state index contributed by atoms with van der Waals surface area (Å²) in [5.74, 6) is 1.08. The van der Waals surface area contributed by atoms with E-state index in [0.29, 0.717) is 17.1 Å². The number of carbonyl (C=O) groups is 2. The lowest BCUT2D eigenvalue weighted by Crippen LogP contribution is -2.40. The highest BCUT2D eigenvalue weighted by atomic mass is 16.5. The van der Waals surface area contributed by atoms with Crippen molar-refractivity contribution < 1.29 is 18.7 Å². The van der Waals surface area contributed by atoms with Gasteiger partial charge in [0.1, 0.15) is 17.3 Å². The Bertz CT molecular complexity index is 1030. The van der Waals surface area contributed by atoms with Gasteiger partial charge in [0.15, 0.2) is 0 Å². The van der Waals surface area contributed by atoms with Crippen molar-refractivity contribution in [2.45, 2.75) is 13.8 Å². The summed E-state index contributed by atoms with van der Waals surface area (Å²) < 4.78 is 10.5. The smallest absolute Gasteiger partial charge is 0.273 e. The Morgan fingerprint density at radius 2 is 1.74 bits per heavy atom. The molecule has 2 amide bonds. The molecule has 2 aromatic carbocycles. The van der Waals surface area contributed by atoms with Crippen molar-refractivity contribution in [2.75, 3.05) is 7.11 Å². The molecule has 0 spiro atoms. The Morgan fingerprint density at radius 1 is 1.00 bits per heavy atom. The molecule has 0 aliphatic heterocycles. The van der Waals surface area contributed by atoms with Crippen LogP contribution < -0.4 is 15.6 Å². The number of rotatable bonds is 4. The van der Waals surface area contributed by atoms with E-state index in [-0.39, 0.29) is 0 Å². The van der Waals surface area contributed by atoms with Crippen LogP contribution in [-0.2, 0) is 4.79 Å². The number of hydrogen-bond acceptors (Lipinski definition) is 4. The summed E-state index contributed by atoms with van der Waals surface area (Å²) in [4.78, 5) is 24.0. The van der Waals surface area contributed by atoms with Gasteiger partial charge in [-0.3, -0.25) is 20.4 Å². The van der Waals surface area contributed by atoms with Crippen LogP contribution in [0.1, 0.15) is 27.4 Å². The number of carbonyl (C=O) groups excluding carboxylic acids is 2. The number of furan rings is 1. The van der Waals surface area contributed by atoms with Crippen molar-refractivity contribution in [1.29, 1.82) is 0 Å². The Hall–Kier alpha value is -3.54. The number of benzene rings is 2. The number of ether oxygens (including phenoxy) is 1. The van der Waals surface area contributed by atoms with Gasteiger partial charge in [0.2, 0.25) is 0 Å². The van der Waals surface area contributed by atoms with E-state index < -0.39 is 11.8 Å². The molecule has 0 unspecified atom stereocenters. The van der Waals surface area contributed by atoms with Gasteiger partial charge >= 0.3 is 0 Å². The predicted molar refractivity (Wildman–Crippen MR) is 103 cm³/mol. The molecule has 6 heteroatoms. The molecule has 0 saturated heterocycles. The summed E-state index contributed by atoms with van der Waals surface area (Å²) in [6, 6.07) is 13.2. The normalized spacial score (nSPS) is 10.9. The van der Waals surface area contributed by atoms with Crippen molar-refractivity contribution in [3.05, 3.63) is 71.2 Å². The maximum atomic E-state index is 12.0. The van der Waals surface area contributed by atoms with Crippen LogP contribution in [-0.4, -0.2) is 18.9 Å². The van der Waals surface area contributed by atoms with Crippen LogP contribution in [0, 0.1) is 13.8 Å². The zero-order chi connectivity index (χ0) is 19.4. The Kier molecular flexibility index (Phi) is 5.26. The van der Waals surface area contributed by atoms with Crippen LogP contribution in [0.5, 0.6) is 5.75 Å². The second kappa shape index (κ2) is 7.78. The highest BCUT2D eigenvalue weighted by Gasteiger charge is 2.13. The Labute approximate surface area is 156 Å². The molecule has 27 heavy (non-hydrogen) atoms. The fourth-order valence-corrected chi connectivity index (χ4v) is 2.73. The molecule has 3 aromatic rings. The van der Waals surface area contributed by atoms with Crippen molar-refractivity contribution in [3.8, 4) is 5.75 Å². The first-order chi connectivity index (χ1) is 13.0. The highest BCUT2D eigenvalue weighted by molar-refractivity contribution is 5.98. The minimum Gasteiger partial charge on any atom is -0.497 e. The van der Waals surface area contributed by atoms with Crippen LogP contribution in [0.2, 0.25) is 0 Å². The fourth-order valence-electron chi connectivity index (χ4n) is 2.73. The van der Waals surface area contributed by atoms with E-state index in [9.17, 15) is 9.59 Å². The summed E-state index contributed by atoms with van der Waals surface area (Å²) >= 11 is 0. The molecule has 0 fully saturated rings. The number of hydrazine groups is 1. The minimum atomic E-state index is -0.434. The molecule has 0 atom stereocenters. The molecule has 1 heterocycles. The summed E-state index contributed by atoms with van der Waals surface area (Å²) in [6.07, 6.45) is 3.04. The zero-order valence-electron chi connectivity index (χ0n) is 15.3. The van der Waals surface area contributed by atoms with Crippen molar-refractivity contribution in [1.82, 2.24) is 10.9 Å². The average molecular weight is 364 g/mol. The summed E-state index contributed by atoms with van der Waals surface area (Å²) in [5, 5.41) is 2.09. The number of amides is 2. The van der Waals surface area contributed by atoms with Crippen molar-refractivity contribution >= 4 is 28.7 Å².